The number of thiophene rings is 1. The van der Waals surface area contributed by atoms with E-state index >= 15 is 0 Å². The first-order valence-electron chi connectivity index (χ1n) is 6.84. The number of hydrazone groups is 1. The van der Waals surface area contributed by atoms with Crippen LogP contribution in [0.5, 0.6) is 0 Å². The Kier molecular flexibility index (Phi) is 3.71. The molecule has 0 unspecified atom stereocenters. The van der Waals surface area contributed by atoms with Gasteiger partial charge in [-0.25, -0.2) is 4.98 Å². The number of benzene rings is 1. The molecule has 4 heteroatoms. The zero-order valence-corrected chi connectivity index (χ0v) is 13.2. The Balaban J connectivity index is 1.93. The van der Waals surface area contributed by atoms with Gasteiger partial charge in [0.05, 0.1) is 11.7 Å². The van der Waals surface area contributed by atoms with Crippen molar-refractivity contribution in [2.45, 2.75) is 20.8 Å². The summed E-state index contributed by atoms with van der Waals surface area (Å²) in [6, 6.07) is 10.4. The normalized spacial score (nSPS) is 11.4. The lowest BCUT2D eigenvalue weighted by Crippen LogP contribution is -1.96. The van der Waals surface area contributed by atoms with E-state index in [2.05, 4.69) is 48.4 Å². The highest BCUT2D eigenvalue weighted by molar-refractivity contribution is 7.11. The minimum absolute atomic E-state index is 0.778. The van der Waals surface area contributed by atoms with Crippen molar-refractivity contribution in [1.29, 1.82) is 0 Å². The molecule has 3 aromatic rings. The molecule has 3 nitrogen and oxygen atoms in total. The van der Waals surface area contributed by atoms with Crippen molar-refractivity contribution in [3.63, 3.8) is 0 Å². The third-order valence-corrected chi connectivity index (χ3v) is 4.18. The molecule has 0 fully saturated rings. The lowest BCUT2D eigenvalue weighted by atomic mass is 10.0. The van der Waals surface area contributed by atoms with Crippen LogP contribution in [0.1, 0.15) is 21.6 Å². The molecule has 0 radical (unpaired) electrons. The molecule has 0 aliphatic carbocycles. The molecule has 0 spiro atoms. The van der Waals surface area contributed by atoms with Gasteiger partial charge in [-0.3, -0.25) is 5.43 Å². The first kappa shape index (κ1) is 13.8. The summed E-state index contributed by atoms with van der Waals surface area (Å²) in [6.07, 6.45) is 1.81. The van der Waals surface area contributed by atoms with Crippen molar-refractivity contribution in [3.8, 4) is 0 Å². The predicted octanol–water partition coefficient (Wildman–Crippen LogP) is 4.67. The Labute approximate surface area is 128 Å². The van der Waals surface area contributed by atoms with Crippen LogP contribution in [0.4, 0.5) is 5.82 Å². The largest absolute Gasteiger partial charge is 0.261 e. The minimum Gasteiger partial charge on any atom is -0.261 e. The lowest BCUT2D eigenvalue weighted by molar-refractivity contribution is 1.24. The first-order chi connectivity index (χ1) is 10.1. The van der Waals surface area contributed by atoms with Crippen molar-refractivity contribution in [2.75, 3.05) is 5.43 Å². The van der Waals surface area contributed by atoms with E-state index in [-0.39, 0.29) is 0 Å². The lowest BCUT2D eigenvalue weighted by Gasteiger charge is -2.09. The summed E-state index contributed by atoms with van der Waals surface area (Å²) in [7, 11) is 0. The average Bonchev–Trinajstić information content (AvgIpc) is 2.93. The summed E-state index contributed by atoms with van der Waals surface area (Å²) in [4.78, 5) is 5.79. The Bertz CT molecular complexity index is 805. The summed E-state index contributed by atoms with van der Waals surface area (Å²) in [5.74, 6) is 0.778. The molecule has 2 heterocycles. The monoisotopic (exact) mass is 295 g/mol. The van der Waals surface area contributed by atoms with Crippen LogP contribution in [0.2, 0.25) is 0 Å². The second kappa shape index (κ2) is 5.66. The van der Waals surface area contributed by atoms with E-state index in [1.54, 1.807) is 11.3 Å². The van der Waals surface area contributed by atoms with Crippen LogP contribution < -0.4 is 5.43 Å². The molecule has 0 saturated carbocycles. The summed E-state index contributed by atoms with van der Waals surface area (Å²) in [6.45, 7) is 6.32. The van der Waals surface area contributed by atoms with Crippen LogP contribution in [0.25, 0.3) is 10.9 Å². The third kappa shape index (κ3) is 2.95. The molecule has 1 aromatic carbocycles. The molecule has 0 bridgehead atoms. The quantitative estimate of drug-likeness (QED) is 0.563. The van der Waals surface area contributed by atoms with E-state index in [1.165, 1.54) is 22.1 Å². The fraction of sp³-hybridized carbons (Fsp3) is 0.176. The van der Waals surface area contributed by atoms with E-state index in [9.17, 15) is 0 Å². The Morgan fingerprint density at radius 1 is 1.14 bits per heavy atom. The van der Waals surface area contributed by atoms with Crippen molar-refractivity contribution in [1.82, 2.24) is 4.98 Å². The molecular weight excluding hydrogens is 278 g/mol. The number of anilines is 1. The van der Waals surface area contributed by atoms with Crippen LogP contribution >= 0.6 is 11.3 Å². The number of aryl methyl sites for hydroxylation is 3. The van der Waals surface area contributed by atoms with Crippen LogP contribution in [-0.4, -0.2) is 11.2 Å². The molecule has 106 valence electrons. The summed E-state index contributed by atoms with van der Waals surface area (Å²) in [5, 5.41) is 7.49. The molecule has 2 aromatic heterocycles. The van der Waals surface area contributed by atoms with Crippen molar-refractivity contribution in [3.05, 3.63) is 57.3 Å². The summed E-state index contributed by atoms with van der Waals surface area (Å²) < 4.78 is 0. The number of hydrogen-bond acceptors (Lipinski definition) is 4. The minimum atomic E-state index is 0.778. The van der Waals surface area contributed by atoms with E-state index in [0.717, 1.165) is 16.2 Å². The Morgan fingerprint density at radius 3 is 2.76 bits per heavy atom. The molecule has 0 saturated heterocycles. The van der Waals surface area contributed by atoms with E-state index in [4.69, 9.17) is 0 Å². The van der Waals surface area contributed by atoms with E-state index in [0.29, 0.717) is 0 Å². The van der Waals surface area contributed by atoms with Crippen LogP contribution in [0, 0.1) is 20.8 Å². The van der Waals surface area contributed by atoms with Crippen LogP contribution in [0.3, 0.4) is 0 Å². The molecule has 0 aliphatic heterocycles. The summed E-state index contributed by atoms with van der Waals surface area (Å²) >= 11 is 1.66. The molecule has 21 heavy (non-hydrogen) atoms. The fourth-order valence-electron chi connectivity index (χ4n) is 2.43. The molecule has 0 amide bonds. The maximum atomic E-state index is 4.67. The number of rotatable bonds is 3. The van der Waals surface area contributed by atoms with Gasteiger partial charge in [0.25, 0.3) is 0 Å². The first-order valence-corrected chi connectivity index (χ1v) is 7.72. The highest BCUT2D eigenvalue weighted by Gasteiger charge is 2.05. The van der Waals surface area contributed by atoms with E-state index < -0.39 is 0 Å². The topological polar surface area (TPSA) is 37.3 Å². The van der Waals surface area contributed by atoms with Crippen molar-refractivity contribution < 1.29 is 0 Å². The number of fused-ring (bicyclic) bond motifs is 1. The van der Waals surface area contributed by atoms with Gasteiger partial charge in [0.1, 0.15) is 5.82 Å². The Hall–Kier alpha value is -2.20. The fourth-order valence-corrected chi connectivity index (χ4v) is 3.01. The third-order valence-electron chi connectivity index (χ3n) is 3.37. The van der Waals surface area contributed by atoms with Gasteiger partial charge >= 0.3 is 0 Å². The van der Waals surface area contributed by atoms with Gasteiger partial charge in [0.2, 0.25) is 0 Å². The predicted molar refractivity (Wildman–Crippen MR) is 91.5 cm³/mol. The van der Waals surface area contributed by atoms with Gasteiger partial charge in [-0.2, -0.15) is 5.10 Å². The number of hydrogen-bond donors (Lipinski definition) is 1. The molecule has 0 atom stereocenters. The van der Waals surface area contributed by atoms with Crippen LogP contribution in [0.15, 0.2) is 40.8 Å². The summed E-state index contributed by atoms with van der Waals surface area (Å²) in [5.41, 5.74) is 7.73. The molecule has 1 N–H and O–H groups in total. The van der Waals surface area contributed by atoms with Gasteiger partial charge < -0.3 is 0 Å². The highest BCUT2D eigenvalue weighted by Crippen LogP contribution is 2.24. The number of nitrogens with one attached hydrogen (secondary N) is 1. The maximum Gasteiger partial charge on any atom is 0.147 e. The SMILES string of the molecule is Cc1cc(C)c2nc(NN=Cc3cccs3)cc(C)c2c1. The second-order valence-corrected chi connectivity index (χ2v) is 6.17. The van der Waals surface area contributed by atoms with Crippen LogP contribution in [-0.2, 0) is 0 Å². The van der Waals surface area contributed by atoms with Gasteiger partial charge in [0, 0.05) is 10.3 Å². The zero-order valence-electron chi connectivity index (χ0n) is 12.3. The standard InChI is InChI=1S/C17H17N3S/c1-11-7-13(3)17-15(8-11)12(2)9-16(19-17)20-18-10-14-5-4-6-21-14/h4-10H,1-3H3,(H,19,20). The van der Waals surface area contributed by atoms with Crippen molar-refractivity contribution in [2.24, 2.45) is 5.10 Å². The Morgan fingerprint density at radius 2 is 2.00 bits per heavy atom. The van der Waals surface area contributed by atoms with E-state index in [1.807, 2.05) is 29.8 Å². The zero-order chi connectivity index (χ0) is 14.8. The molecule has 3 rings (SSSR count). The number of aromatic nitrogens is 1. The second-order valence-electron chi connectivity index (χ2n) is 5.19. The molecular formula is C17H17N3S. The molecule has 0 aliphatic rings. The highest BCUT2D eigenvalue weighted by atomic mass is 32.1. The van der Waals surface area contributed by atoms with Gasteiger partial charge in [-0.05, 0) is 55.5 Å². The average molecular weight is 295 g/mol. The van der Waals surface area contributed by atoms with Gasteiger partial charge in [0.15, 0.2) is 0 Å². The van der Waals surface area contributed by atoms with Crippen molar-refractivity contribution >= 4 is 34.3 Å². The number of nitrogens with zero attached hydrogens (tertiary/aromatic N) is 2. The van der Waals surface area contributed by atoms with Gasteiger partial charge in [-0.15, -0.1) is 11.3 Å². The smallest absolute Gasteiger partial charge is 0.147 e. The van der Waals surface area contributed by atoms with Gasteiger partial charge in [-0.1, -0.05) is 17.7 Å². The number of pyridine rings is 1. The maximum absolute atomic E-state index is 4.67.